The van der Waals surface area contributed by atoms with Crippen LogP contribution in [0.5, 0.6) is 17.2 Å². The molecule has 1 atom stereocenters. The van der Waals surface area contributed by atoms with Gasteiger partial charge in [-0.1, -0.05) is 30.3 Å². The Kier molecular flexibility index (Phi) is 4.99. The number of aromatic nitrogens is 1. The van der Waals surface area contributed by atoms with E-state index in [0.29, 0.717) is 12.6 Å². The number of ether oxygens (including phenoxy) is 3. The van der Waals surface area contributed by atoms with Gasteiger partial charge in [0.1, 0.15) is 12.4 Å². The lowest BCUT2D eigenvalue weighted by molar-refractivity contribution is 0.158. The maximum Gasteiger partial charge on any atom is 0.161 e. The molecule has 0 amide bonds. The minimum atomic E-state index is 0.366. The molecule has 0 saturated heterocycles. The molecule has 0 saturated carbocycles. The highest BCUT2D eigenvalue weighted by Gasteiger charge is 2.34. The van der Waals surface area contributed by atoms with Crippen molar-refractivity contribution >= 4 is 10.9 Å². The number of nitrogens with one attached hydrogen (secondary N) is 1. The third-order valence-electron chi connectivity index (χ3n) is 7.11. The summed E-state index contributed by atoms with van der Waals surface area (Å²) in [7, 11) is 3.40. The Morgan fingerprint density at radius 2 is 1.82 bits per heavy atom. The summed E-state index contributed by atoms with van der Waals surface area (Å²) >= 11 is 0. The van der Waals surface area contributed by atoms with E-state index in [-0.39, 0.29) is 0 Å². The van der Waals surface area contributed by atoms with Gasteiger partial charge in [0.15, 0.2) is 11.5 Å². The lowest BCUT2D eigenvalue weighted by Gasteiger charge is -2.40. The van der Waals surface area contributed by atoms with Crippen molar-refractivity contribution in [1.82, 2.24) is 9.88 Å². The summed E-state index contributed by atoms with van der Waals surface area (Å²) in [6, 6.07) is 21.4. The second-order valence-corrected chi connectivity index (χ2v) is 8.91. The Bertz CT molecular complexity index is 1310. The molecule has 0 bridgehead atoms. The van der Waals surface area contributed by atoms with E-state index in [0.717, 1.165) is 48.7 Å². The van der Waals surface area contributed by atoms with Crippen molar-refractivity contribution in [1.29, 1.82) is 0 Å². The minimum absolute atomic E-state index is 0.366. The van der Waals surface area contributed by atoms with E-state index in [1.165, 1.54) is 33.3 Å². The lowest BCUT2D eigenvalue weighted by Crippen LogP contribution is -2.39. The van der Waals surface area contributed by atoms with E-state index in [4.69, 9.17) is 14.2 Å². The van der Waals surface area contributed by atoms with Crippen LogP contribution < -0.4 is 14.2 Å². The number of hydrogen-bond acceptors (Lipinski definition) is 4. The molecule has 5 heteroatoms. The van der Waals surface area contributed by atoms with E-state index in [9.17, 15) is 0 Å². The summed E-state index contributed by atoms with van der Waals surface area (Å²) in [5, 5.41) is 1.35. The summed E-state index contributed by atoms with van der Waals surface area (Å²) in [5.41, 5.74) is 7.89. The van der Waals surface area contributed by atoms with Gasteiger partial charge in [-0.25, -0.2) is 0 Å². The smallest absolute Gasteiger partial charge is 0.161 e. The van der Waals surface area contributed by atoms with Crippen LogP contribution in [0.2, 0.25) is 0 Å². The first-order valence-electron chi connectivity index (χ1n) is 11.5. The molecule has 3 heterocycles. The van der Waals surface area contributed by atoms with Crippen LogP contribution in [0.15, 0.2) is 60.7 Å². The third-order valence-corrected chi connectivity index (χ3v) is 7.11. The highest BCUT2D eigenvalue weighted by molar-refractivity contribution is 5.85. The number of nitrogens with zero attached hydrogens (tertiary/aromatic N) is 1. The number of hydrogen-bond donors (Lipinski definition) is 1. The molecule has 1 unspecified atom stereocenters. The number of aromatic amines is 1. The van der Waals surface area contributed by atoms with Crippen molar-refractivity contribution in [2.45, 2.75) is 32.0 Å². The average molecular weight is 441 g/mol. The maximum absolute atomic E-state index is 6.21. The lowest BCUT2D eigenvalue weighted by atomic mass is 9.85. The zero-order chi connectivity index (χ0) is 22.4. The van der Waals surface area contributed by atoms with Crippen LogP contribution in [-0.4, -0.2) is 30.6 Å². The van der Waals surface area contributed by atoms with E-state index in [2.05, 4.69) is 46.3 Å². The molecule has 168 valence electrons. The second-order valence-electron chi connectivity index (χ2n) is 8.91. The van der Waals surface area contributed by atoms with E-state index in [1.807, 2.05) is 24.3 Å². The highest BCUT2D eigenvalue weighted by Crippen LogP contribution is 2.44. The Balaban J connectivity index is 1.29. The van der Waals surface area contributed by atoms with Crippen LogP contribution in [0.25, 0.3) is 10.9 Å². The number of H-pyrrole nitrogens is 1. The molecule has 1 N–H and O–H groups in total. The zero-order valence-electron chi connectivity index (χ0n) is 19.1. The van der Waals surface area contributed by atoms with Crippen molar-refractivity contribution in [3.63, 3.8) is 0 Å². The second kappa shape index (κ2) is 8.16. The van der Waals surface area contributed by atoms with Crippen LogP contribution in [0.4, 0.5) is 0 Å². The van der Waals surface area contributed by atoms with Crippen LogP contribution in [0.3, 0.4) is 0 Å². The van der Waals surface area contributed by atoms with Crippen molar-refractivity contribution < 1.29 is 14.2 Å². The van der Waals surface area contributed by atoms with Crippen LogP contribution in [-0.2, 0) is 26.0 Å². The van der Waals surface area contributed by atoms with E-state index < -0.39 is 0 Å². The SMILES string of the molecule is COc1ccc(COc2cc3c(cc2OC)C2Cc4c([nH]c5ccccc45)CN2CC3)cc1. The fourth-order valence-electron chi connectivity index (χ4n) is 5.36. The normalized spacial score (nSPS) is 17.2. The highest BCUT2D eigenvalue weighted by atomic mass is 16.5. The average Bonchev–Trinajstić information content (AvgIpc) is 3.23. The molecule has 4 aromatic rings. The molecule has 0 spiro atoms. The predicted octanol–water partition coefficient (Wildman–Crippen LogP) is 5.42. The summed E-state index contributed by atoms with van der Waals surface area (Å²) in [6.45, 7) is 2.51. The largest absolute Gasteiger partial charge is 0.497 e. The standard InChI is InChI=1S/C28H28N2O3/c1-31-20-9-7-18(8-10-20)17-33-28-13-19-11-12-30-16-25-23(21-5-3-4-6-24(21)29-25)14-26(30)22(19)15-27(28)32-2/h3-10,13,15,26,29H,11-12,14,16-17H2,1-2H3. The Labute approximate surface area is 193 Å². The van der Waals surface area contributed by atoms with E-state index >= 15 is 0 Å². The van der Waals surface area contributed by atoms with Crippen molar-refractivity contribution in [2.24, 2.45) is 0 Å². The maximum atomic E-state index is 6.21. The van der Waals surface area contributed by atoms with Crippen LogP contribution in [0.1, 0.15) is 34.0 Å². The minimum Gasteiger partial charge on any atom is -0.497 e. The molecule has 1 aromatic heterocycles. The zero-order valence-corrected chi connectivity index (χ0v) is 19.1. The molecule has 0 radical (unpaired) electrons. The number of rotatable bonds is 5. The van der Waals surface area contributed by atoms with Gasteiger partial charge < -0.3 is 19.2 Å². The van der Waals surface area contributed by atoms with Gasteiger partial charge in [-0.15, -0.1) is 0 Å². The molecule has 5 nitrogen and oxygen atoms in total. The molecule has 2 aliphatic heterocycles. The fourth-order valence-corrected chi connectivity index (χ4v) is 5.36. The van der Waals surface area contributed by atoms with Gasteiger partial charge in [0.25, 0.3) is 0 Å². The Hall–Kier alpha value is -3.44. The number of fused-ring (bicyclic) bond motifs is 6. The molecule has 0 fully saturated rings. The van der Waals surface area contributed by atoms with Crippen LogP contribution in [0, 0.1) is 0 Å². The molecular weight excluding hydrogens is 412 g/mol. The van der Waals surface area contributed by atoms with Gasteiger partial charge >= 0.3 is 0 Å². The molecule has 2 aliphatic rings. The molecule has 3 aromatic carbocycles. The summed E-state index contributed by atoms with van der Waals surface area (Å²) in [6.07, 6.45) is 2.03. The van der Waals surface area contributed by atoms with Crippen molar-refractivity contribution in [3.05, 3.63) is 88.6 Å². The van der Waals surface area contributed by atoms with Crippen LogP contribution >= 0.6 is 0 Å². The Morgan fingerprint density at radius 1 is 0.970 bits per heavy atom. The van der Waals surface area contributed by atoms with Crippen molar-refractivity contribution in [3.8, 4) is 17.2 Å². The summed E-state index contributed by atoms with van der Waals surface area (Å²) in [4.78, 5) is 6.24. The monoisotopic (exact) mass is 440 g/mol. The van der Waals surface area contributed by atoms with Gasteiger partial charge in [-0.05, 0) is 65.4 Å². The first-order valence-corrected chi connectivity index (χ1v) is 11.5. The summed E-state index contributed by atoms with van der Waals surface area (Å²) < 4.78 is 17.2. The predicted molar refractivity (Wildman–Crippen MR) is 129 cm³/mol. The molecule has 0 aliphatic carbocycles. The Morgan fingerprint density at radius 3 is 2.64 bits per heavy atom. The molecular formula is C28H28N2O3. The van der Waals surface area contributed by atoms with Gasteiger partial charge in [0.05, 0.1) is 14.2 Å². The first kappa shape index (κ1) is 20.2. The number of para-hydroxylation sites is 1. The summed E-state index contributed by atoms with van der Waals surface area (Å²) in [5.74, 6) is 2.46. The molecule has 6 rings (SSSR count). The van der Waals surface area contributed by atoms with E-state index in [1.54, 1.807) is 14.2 Å². The van der Waals surface area contributed by atoms with Gasteiger partial charge in [0, 0.05) is 35.7 Å². The number of benzene rings is 3. The van der Waals surface area contributed by atoms with Gasteiger partial charge in [-0.2, -0.15) is 0 Å². The topological polar surface area (TPSA) is 46.7 Å². The third kappa shape index (κ3) is 3.53. The van der Waals surface area contributed by atoms with Gasteiger partial charge in [0.2, 0.25) is 0 Å². The number of methoxy groups -OCH3 is 2. The molecule has 33 heavy (non-hydrogen) atoms. The van der Waals surface area contributed by atoms with Crippen molar-refractivity contribution in [2.75, 3.05) is 20.8 Å². The first-order chi connectivity index (χ1) is 16.2. The quantitative estimate of drug-likeness (QED) is 0.450. The van der Waals surface area contributed by atoms with Gasteiger partial charge in [-0.3, -0.25) is 4.90 Å². The fraction of sp³-hybridized carbons (Fsp3) is 0.286.